The van der Waals surface area contributed by atoms with Crippen molar-refractivity contribution in [2.45, 2.75) is 39.2 Å². The van der Waals surface area contributed by atoms with Gasteiger partial charge in [0.05, 0.1) is 6.42 Å². The lowest BCUT2D eigenvalue weighted by Gasteiger charge is -2.32. The molecule has 1 aliphatic heterocycles. The molecule has 1 saturated heterocycles. The van der Waals surface area contributed by atoms with E-state index in [-0.39, 0.29) is 23.8 Å². The van der Waals surface area contributed by atoms with Crippen LogP contribution in [0.5, 0.6) is 0 Å². The van der Waals surface area contributed by atoms with Crippen molar-refractivity contribution in [3.63, 3.8) is 0 Å². The first-order valence-corrected chi connectivity index (χ1v) is 8.16. The van der Waals surface area contributed by atoms with Gasteiger partial charge in [-0.15, -0.1) is 0 Å². The van der Waals surface area contributed by atoms with Gasteiger partial charge in [0.1, 0.15) is 0 Å². The van der Waals surface area contributed by atoms with Gasteiger partial charge in [0, 0.05) is 30.1 Å². The van der Waals surface area contributed by atoms with Crippen molar-refractivity contribution in [2.24, 2.45) is 5.92 Å². The molecular weight excluding hydrogens is 300 g/mol. The topological polar surface area (TPSA) is 49.4 Å². The van der Waals surface area contributed by atoms with Gasteiger partial charge in [-0.3, -0.25) is 9.59 Å². The number of piperidine rings is 1. The van der Waals surface area contributed by atoms with Crippen molar-refractivity contribution in [2.75, 3.05) is 13.1 Å². The Labute approximate surface area is 136 Å². The Morgan fingerprint density at radius 1 is 1.32 bits per heavy atom. The molecule has 1 N–H and O–H groups in total. The quantitative estimate of drug-likeness (QED) is 0.926. The third-order valence-corrected chi connectivity index (χ3v) is 4.20. The van der Waals surface area contributed by atoms with Crippen LogP contribution in [0.3, 0.4) is 0 Å². The van der Waals surface area contributed by atoms with Crippen LogP contribution in [0.2, 0.25) is 5.02 Å². The zero-order valence-corrected chi connectivity index (χ0v) is 13.9. The van der Waals surface area contributed by atoms with E-state index in [1.54, 1.807) is 6.07 Å². The van der Waals surface area contributed by atoms with Crippen molar-refractivity contribution in [1.29, 1.82) is 0 Å². The number of likely N-dealkylation sites (tertiary alicyclic amines) is 1. The van der Waals surface area contributed by atoms with Gasteiger partial charge >= 0.3 is 0 Å². The number of hydrogen-bond donors (Lipinski definition) is 1. The summed E-state index contributed by atoms with van der Waals surface area (Å²) < 4.78 is 0. The van der Waals surface area contributed by atoms with Crippen LogP contribution in [0.4, 0.5) is 0 Å². The molecule has 1 aromatic rings. The van der Waals surface area contributed by atoms with Gasteiger partial charge in [-0.05, 0) is 30.5 Å². The van der Waals surface area contributed by atoms with E-state index in [0.717, 1.165) is 18.4 Å². The molecule has 4 nitrogen and oxygen atoms in total. The van der Waals surface area contributed by atoms with Gasteiger partial charge < -0.3 is 10.2 Å². The molecule has 0 radical (unpaired) electrons. The minimum atomic E-state index is 0.00231. The Kier molecular flexibility index (Phi) is 5.83. The zero-order valence-electron chi connectivity index (χ0n) is 13.1. The van der Waals surface area contributed by atoms with Gasteiger partial charge in [-0.1, -0.05) is 37.6 Å². The largest absolute Gasteiger partial charge is 0.353 e. The standard InChI is InChI=1S/C17H23ClN2O2/c1-12(2)17(22)19-15-6-8-20(9-7-15)16(21)11-13-4-3-5-14(18)10-13/h3-5,10,12,15H,6-9,11H2,1-2H3,(H,19,22). The molecule has 0 aromatic heterocycles. The van der Waals surface area contributed by atoms with E-state index in [1.807, 2.05) is 36.9 Å². The third kappa shape index (κ3) is 4.73. The highest BCUT2D eigenvalue weighted by atomic mass is 35.5. The molecule has 1 aliphatic rings. The number of nitrogens with one attached hydrogen (secondary N) is 1. The first kappa shape index (κ1) is 16.8. The lowest BCUT2D eigenvalue weighted by Crippen LogP contribution is -2.47. The maximum Gasteiger partial charge on any atom is 0.226 e. The molecule has 120 valence electrons. The van der Waals surface area contributed by atoms with E-state index in [1.165, 1.54) is 0 Å². The predicted molar refractivity (Wildman–Crippen MR) is 87.7 cm³/mol. The Morgan fingerprint density at radius 2 is 2.00 bits per heavy atom. The fourth-order valence-corrected chi connectivity index (χ4v) is 2.79. The normalized spacial score (nSPS) is 15.9. The molecule has 2 rings (SSSR count). The lowest BCUT2D eigenvalue weighted by atomic mass is 10.0. The first-order chi connectivity index (χ1) is 10.5. The second-order valence-electron chi connectivity index (χ2n) is 6.13. The number of benzene rings is 1. The Morgan fingerprint density at radius 3 is 2.59 bits per heavy atom. The number of amides is 2. The van der Waals surface area contributed by atoms with Crippen LogP contribution in [0.1, 0.15) is 32.3 Å². The monoisotopic (exact) mass is 322 g/mol. The highest BCUT2D eigenvalue weighted by Crippen LogP contribution is 2.15. The molecule has 1 aromatic carbocycles. The number of halogens is 1. The number of rotatable bonds is 4. The molecule has 0 unspecified atom stereocenters. The van der Waals surface area contributed by atoms with Crippen molar-refractivity contribution in [3.05, 3.63) is 34.9 Å². The van der Waals surface area contributed by atoms with E-state index < -0.39 is 0 Å². The SMILES string of the molecule is CC(C)C(=O)NC1CCN(C(=O)Cc2cccc(Cl)c2)CC1. The summed E-state index contributed by atoms with van der Waals surface area (Å²) >= 11 is 5.94. The van der Waals surface area contributed by atoms with Crippen molar-refractivity contribution in [1.82, 2.24) is 10.2 Å². The predicted octanol–water partition coefficient (Wildman–Crippen LogP) is 2.65. The van der Waals surface area contributed by atoms with Crippen molar-refractivity contribution in [3.8, 4) is 0 Å². The van der Waals surface area contributed by atoms with Crippen LogP contribution in [-0.4, -0.2) is 35.8 Å². The second kappa shape index (κ2) is 7.63. The highest BCUT2D eigenvalue weighted by Gasteiger charge is 2.24. The number of carbonyl (C=O) groups excluding carboxylic acids is 2. The minimum Gasteiger partial charge on any atom is -0.353 e. The molecule has 0 aliphatic carbocycles. The van der Waals surface area contributed by atoms with Crippen LogP contribution in [0, 0.1) is 5.92 Å². The van der Waals surface area contributed by atoms with Crippen LogP contribution in [-0.2, 0) is 16.0 Å². The summed E-state index contributed by atoms with van der Waals surface area (Å²) in [5, 5.41) is 3.69. The molecule has 22 heavy (non-hydrogen) atoms. The third-order valence-electron chi connectivity index (χ3n) is 3.96. The zero-order chi connectivity index (χ0) is 16.1. The number of carbonyl (C=O) groups is 2. The van der Waals surface area contributed by atoms with E-state index in [9.17, 15) is 9.59 Å². The summed E-state index contributed by atoms with van der Waals surface area (Å²) in [4.78, 5) is 25.9. The molecule has 0 saturated carbocycles. The molecule has 0 bridgehead atoms. The molecule has 5 heteroatoms. The average Bonchev–Trinajstić information content (AvgIpc) is 2.47. The fraction of sp³-hybridized carbons (Fsp3) is 0.529. The summed E-state index contributed by atoms with van der Waals surface area (Å²) in [6, 6.07) is 7.59. The van der Waals surface area contributed by atoms with Gasteiger partial charge in [-0.25, -0.2) is 0 Å². The number of nitrogens with zero attached hydrogens (tertiary/aromatic N) is 1. The summed E-state index contributed by atoms with van der Waals surface area (Å²) in [7, 11) is 0. The van der Waals surface area contributed by atoms with Gasteiger partial charge in [0.2, 0.25) is 11.8 Å². The molecule has 1 heterocycles. The van der Waals surface area contributed by atoms with Gasteiger partial charge in [0.25, 0.3) is 0 Å². The van der Waals surface area contributed by atoms with E-state index in [2.05, 4.69) is 5.32 Å². The minimum absolute atomic E-state index is 0.00231. The summed E-state index contributed by atoms with van der Waals surface area (Å²) in [5.41, 5.74) is 0.938. The first-order valence-electron chi connectivity index (χ1n) is 7.78. The molecule has 2 amide bonds. The maximum atomic E-state index is 12.3. The fourth-order valence-electron chi connectivity index (χ4n) is 2.57. The number of hydrogen-bond acceptors (Lipinski definition) is 2. The second-order valence-corrected chi connectivity index (χ2v) is 6.56. The van der Waals surface area contributed by atoms with E-state index >= 15 is 0 Å². The van der Waals surface area contributed by atoms with Crippen LogP contribution in [0.25, 0.3) is 0 Å². The molecular formula is C17H23ClN2O2. The van der Waals surface area contributed by atoms with E-state index in [0.29, 0.717) is 24.5 Å². The molecule has 0 spiro atoms. The van der Waals surface area contributed by atoms with Crippen molar-refractivity contribution < 1.29 is 9.59 Å². The molecule has 0 atom stereocenters. The van der Waals surface area contributed by atoms with E-state index in [4.69, 9.17) is 11.6 Å². The summed E-state index contributed by atoms with van der Waals surface area (Å²) in [6.07, 6.45) is 2.02. The van der Waals surface area contributed by atoms with Crippen LogP contribution >= 0.6 is 11.6 Å². The van der Waals surface area contributed by atoms with Crippen LogP contribution < -0.4 is 5.32 Å². The summed E-state index contributed by atoms with van der Waals surface area (Å²) in [6.45, 7) is 5.17. The lowest BCUT2D eigenvalue weighted by molar-refractivity contribution is -0.131. The Balaban J connectivity index is 1.81. The van der Waals surface area contributed by atoms with Crippen molar-refractivity contribution >= 4 is 23.4 Å². The highest BCUT2D eigenvalue weighted by molar-refractivity contribution is 6.30. The Bertz CT molecular complexity index is 537. The smallest absolute Gasteiger partial charge is 0.226 e. The summed E-state index contributed by atoms with van der Waals surface area (Å²) in [5.74, 6) is 0.210. The van der Waals surface area contributed by atoms with Gasteiger partial charge in [-0.2, -0.15) is 0 Å². The van der Waals surface area contributed by atoms with Gasteiger partial charge in [0.15, 0.2) is 0 Å². The Hall–Kier alpha value is -1.55. The average molecular weight is 323 g/mol. The van der Waals surface area contributed by atoms with Crippen LogP contribution in [0.15, 0.2) is 24.3 Å². The molecule has 1 fully saturated rings. The maximum absolute atomic E-state index is 12.3.